The van der Waals surface area contributed by atoms with E-state index in [9.17, 15) is 4.79 Å². The molecule has 2 fully saturated rings. The van der Waals surface area contributed by atoms with Crippen molar-refractivity contribution >= 4 is 33.2 Å². The molecule has 3 rings (SSSR count). The van der Waals surface area contributed by atoms with Crippen LogP contribution in [0.1, 0.15) is 31.2 Å². The first-order chi connectivity index (χ1) is 9.62. The standard InChI is InChI=1S/C15H21BrN2OS/c1-18(8-11-6-13(16)20-9-11)14(19)15-5-3-2-4-12(15)7-17-10-15/h6,9,12,17H,2-5,7-8,10H2,1H3/t12-,15+/m0/s1. The van der Waals surface area contributed by atoms with Crippen molar-refractivity contribution in [2.24, 2.45) is 11.3 Å². The quantitative estimate of drug-likeness (QED) is 0.901. The van der Waals surface area contributed by atoms with Crippen LogP contribution in [0.5, 0.6) is 0 Å². The molecule has 1 aliphatic carbocycles. The lowest BCUT2D eigenvalue weighted by Gasteiger charge is -2.39. The minimum atomic E-state index is -0.125. The third-order valence-corrected chi connectivity index (χ3v) is 6.41. The zero-order valence-electron chi connectivity index (χ0n) is 11.8. The highest BCUT2D eigenvalue weighted by atomic mass is 79.9. The van der Waals surface area contributed by atoms with Crippen molar-refractivity contribution < 1.29 is 4.79 Å². The molecule has 0 radical (unpaired) electrons. The molecule has 5 heteroatoms. The Labute approximate surface area is 132 Å². The molecular weight excluding hydrogens is 336 g/mol. The normalized spacial score (nSPS) is 29.2. The van der Waals surface area contributed by atoms with E-state index < -0.39 is 0 Å². The molecule has 1 aromatic rings. The molecule has 1 saturated heterocycles. The molecule has 110 valence electrons. The third kappa shape index (κ3) is 2.55. The van der Waals surface area contributed by atoms with E-state index in [0.717, 1.165) is 29.8 Å². The van der Waals surface area contributed by atoms with Crippen LogP contribution in [0.2, 0.25) is 0 Å². The Kier molecular flexibility index (Phi) is 4.20. The second-order valence-electron chi connectivity index (χ2n) is 6.15. The Balaban J connectivity index is 1.73. The Morgan fingerprint density at radius 1 is 1.60 bits per heavy atom. The summed E-state index contributed by atoms with van der Waals surface area (Å²) < 4.78 is 1.13. The first kappa shape index (κ1) is 14.5. The predicted octanol–water partition coefficient (Wildman–Crippen LogP) is 3.25. The molecule has 0 spiro atoms. The Bertz CT molecular complexity index is 504. The van der Waals surface area contributed by atoms with Crippen LogP contribution in [0.4, 0.5) is 0 Å². The number of halogens is 1. The first-order valence-electron chi connectivity index (χ1n) is 7.31. The zero-order chi connectivity index (χ0) is 14.2. The topological polar surface area (TPSA) is 32.3 Å². The molecule has 0 bridgehead atoms. The van der Waals surface area contributed by atoms with Crippen molar-refractivity contribution in [1.82, 2.24) is 10.2 Å². The largest absolute Gasteiger partial charge is 0.341 e. The summed E-state index contributed by atoms with van der Waals surface area (Å²) in [4.78, 5) is 14.9. The number of hydrogen-bond donors (Lipinski definition) is 1. The highest BCUT2D eigenvalue weighted by Gasteiger charge is 2.50. The summed E-state index contributed by atoms with van der Waals surface area (Å²) in [7, 11) is 1.95. The van der Waals surface area contributed by atoms with Gasteiger partial charge >= 0.3 is 0 Å². The molecule has 2 atom stereocenters. The van der Waals surface area contributed by atoms with Gasteiger partial charge < -0.3 is 10.2 Å². The second-order valence-corrected chi connectivity index (χ2v) is 8.44. The lowest BCUT2D eigenvalue weighted by molar-refractivity contribution is -0.144. The van der Waals surface area contributed by atoms with Gasteiger partial charge in [-0.1, -0.05) is 12.8 Å². The van der Waals surface area contributed by atoms with Crippen LogP contribution in [0.25, 0.3) is 0 Å². The number of carbonyl (C=O) groups is 1. The predicted molar refractivity (Wildman–Crippen MR) is 85.8 cm³/mol. The first-order valence-corrected chi connectivity index (χ1v) is 8.98. The Morgan fingerprint density at radius 3 is 3.20 bits per heavy atom. The summed E-state index contributed by atoms with van der Waals surface area (Å²) in [5.74, 6) is 0.884. The van der Waals surface area contributed by atoms with Gasteiger partial charge in [0.1, 0.15) is 0 Å². The van der Waals surface area contributed by atoms with Crippen molar-refractivity contribution in [1.29, 1.82) is 0 Å². The van der Waals surface area contributed by atoms with Crippen LogP contribution in [0.15, 0.2) is 15.2 Å². The van der Waals surface area contributed by atoms with Crippen molar-refractivity contribution in [3.05, 3.63) is 20.8 Å². The van der Waals surface area contributed by atoms with Gasteiger partial charge in [-0.2, -0.15) is 0 Å². The molecule has 1 saturated carbocycles. The van der Waals surface area contributed by atoms with Gasteiger partial charge in [0.15, 0.2) is 0 Å². The van der Waals surface area contributed by atoms with Crippen LogP contribution >= 0.6 is 27.3 Å². The fourth-order valence-electron chi connectivity index (χ4n) is 3.82. The molecule has 1 amide bonds. The van der Waals surface area contributed by atoms with E-state index in [1.807, 2.05) is 11.9 Å². The smallest absolute Gasteiger partial charge is 0.230 e. The molecule has 1 aromatic heterocycles. The van der Waals surface area contributed by atoms with Crippen molar-refractivity contribution in [3.63, 3.8) is 0 Å². The van der Waals surface area contributed by atoms with Crippen molar-refractivity contribution in [2.45, 2.75) is 32.2 Å². The monoisotopic (exact) mass is 356 g/mol. The van der Waals surface area contributed by atoms with E-state index in [1.165, 1.54) is 24.8 Å². The van der Waals surface area contributed by atoms with Crippen LogP contribution in [0.3, 0.4) is 0 Å². The molecule has 20 heavy (non-hydrogen) atoms. The van der Waals surface area contributed by atoms with Crippen LogP contribution in [0, 0.1) is 11.3 Å². The molecule has 1 aliphatic heterocycles. The van der Waals surface area contributed by atoms with E-state index in [-0.39, 0.29) is 5.41 Å². The average molecular weight is 357 g/mol. The summed E-state index contributed by atoms with van der Waals surface area (Å²) in [5.41, 5.74) is 1.09. The maximum absolute atomic E-state index is 13.0. The van der Waals surface area contributed by atoms with Gasteiger partial charge in [0.25, 0.3) is 0 Å². The SMILES string of the molecule is CN(Cc1csc(Br)c1)C(=O)[C@@]12CCCC[C@H]1CNC2. The van der Waals surface area contributed by atoms with Gasteiger partial charge in [-0.05, 0) is 58.2 Å². The van der Waals surface area contributed by atoms with Gasteiger partial charge in [0, 0.05) is 20.1 Å². The molecular formula is C15H21BrN2OS. The van der Waals surface area contributed by atoms with Crippen LogP contribution < -0.4 is 5.32 Å². The lowest BCUT2D eigenvalue weighted by Crippen LogP contribution is -2.48. The molecule has 1 N–H and O–H groups in total. The minimum Gasteiger partial charge on any atom is -0.341 e. The second kappa shape index (κ2) is 5.78. The molecule has 0 aromatic carbocycles. The Hall–Kier alpha value is -0.390. The summed E-state index contributed by atoms with van der Waals surface area (Å²) in [6.45, 7) is 2.60. The third-order valence-electron chi connectivity index (χ3n) is 4.85. The molecule has 2 aliphatic rings. The number of hydrogen-bond acceptors (Lipinski definition) is 3. The van der Waals surface area contributed by atoms with Gasteiger partial charge in [-0.3, -0.25) is 4.79 Å². The molecule has 2 heterocycles. The van der Waals surface area contributed by atoms with Crippen LogP contribution in [-0.2, 0) is 11.3 Å². The average Bonchev–Trinajstić information content (AvgIpc) is 3.04. The summed E-state index contributed by atoms with van der Waals surface area (Å²) in [6, 6.07) is 2.11. The van der Waals surface area contributed by atoms with Crippen molar-refractivity contribution in [2.75, 3.05) is 20.1 Å². The molecule has 0 unspecified atom stereocenters. The van der Waals surface area contributed by atoms with E-state index in [0.29, 0.717) is 11.8 Å². The molecule has 3 nitrogen and oxygen atoms in total. The number of amides is 1. The summed E-state index contributed by atoms with van der Waals surface area (Å²) in [6.07, 6.45) is 4.74. The highest BCUT2D eigenvalue weighted by Crippen LogP contribution is 2.45. The number of thiophene rings is 1. The minimum absolute atomic E-state index is 0.125. The Morgan fingerprint density at radius 2 is 2.45 bits per heavy atom. The van der Waals surface area contributed by atoms with E-state index in [1.54, 1.807) is 11.3 Å². The van der Waals surface area contributed by atoms with Gasteiger partial charge in [-0.25, -0.2) is 0 Å². The fourth-order valence-corrected chi connectivity index (χ4v) is 5.02. The van der Waals surface area contributed by atoms with E-state index in [2.05, 4.69) is 32.7 Å². The van der Waals surface area contributed by atoms with E-state index >= 15 is 0 Å². The fraction of sp³-hybridized carbons (Fsp3) is 0.667. The summed E-state index contributed by atoms with van der Waals surface area (Å²) in [5, 5.41) is 5.58. The van der Waals surface area contributed by atoms with Crippen molar-refractivity contribution in [3.8, 4) is 0 Å². The van der Waals surface area contributed by atoms with Crippen LogP contribution in [-0.4, -0.2) is 30.9 Å². The lowest BCUT2D eigenvalue weighted by atomic mass is 9.67. The maximum atomic E-state index is 13.0. The number of rotatable bonds is 3. The summed E-state index contributed by atoms with van der Waals surface area (Å²) >= 11 is 5.16. The number of fused-ring (bicyclic) bond motifs is 1. The highest BCUT2D eigenvalue weighted by molar-refractivity contribution is 9.11. The van der Waals surface area contributed by atoms with E-state index in [4.69, 9.17) is 0 Å². The van der Waals surface area contributed by atoms with Gasteiger partial charge in [0.05, 0.1) is 9.20 Å². The van der Waals surface area contributed by atoms with Gasteiger partial charge in [0.2, 0.25) is 5.91 Å². The number of carbonyl (C=O) groups excluding carboxylic acids is 1. The maximum Gasteiger partial charge on any atom is 0.230 e. The van der Waals surface area contributed by atoms with Gasteiger partial charge in [-0.15, -0.1) is 11.3 Å². The number of nitrogens with one attached hydrogen (secondary N) is 1. The zero-order valence-corrected chi connectivity index (χ0v) is 14.2. The number of nitrogens with zero attached hydrogens (tertiary/aromatic N) is 1.